The monoisotopic (exact) mass is 548 g/mol. The molecule has 6 rings (SSSR count). The van der Waals surface area contributed by atoms with Crippen LogP contribution in [0.25, 0.3) is 33.4 Å². The number of benzene rings is 3. The average Bonchev–Trinajstić information content (AvgIpc) is 3.68. The van der Waals surface area contributed by atoms with Crippen molar-refractivity contribution in [1.82, 2.24) is 9.97 Å². The van der Waals surface area contributed by atoms with Crippen LogP contribution in [-0.2, 0) is 5.41 Å². The molecular formula is C34H29FN2O4. The normalized spacial score (nSPS) is 13.8. The fourth-order valence-corrected chi connectivity index (χ4v) is 5.58. The van der Waals surface area contributed by atoms with Crippen LogP contribution in [0.15, 0.2) is 77.6 Å². The van der Waals surface area contributed by atoms with E-state index < -0.39 is 0 Å². The highest BCUT2D eigenvalue weighted by atomic mass is 19.1. The van der Waals surface area contributed by atoms with Gasteiger partial charge in [0, 0.05) is 35.4 Å². The summed E-state index contributed by atoms with van der Waals surface area (Å²) in [5, 5.41) is 0.678. The van der Waals surface area contributed by atoms with Crippen molar-refractivity contribution in [2.24, 2.45) is 0 Å². The van der Waals surface area contributed by atoms with E-state index in [1.54, 1.807) is 32.4 Å². The largest absolute Gasteiger partial charge is 0.496 e. The highest BCUT2D eigenvalue weighted by Gasteiger charge is 2.47. The minimum atomic E-state index is -0.361. The number of hydrogen-bond donors (Lipinski definition) is 0. The standard InChI is InChI=1S/C34H29FN2O4/c1-4-27(38)32-26-16-22(7-10-29(26)41-33(32)21-5-8-23(35)9-6-21)24-17-25(30(40-3)15-20(24)2)28(39)18-34(12-13-34)31-11-14-36-19-37-31/h5-11,14-17,19H,4,12-13,18H2,1-3H3. The third kappa shape index (κ3) is 4.82. The van der Waals surface area contributed by atoms with Crippen molar-refractivity contribution in [2.45, 2.75) is 44.9 Å². The van der Waals surface area contributed by atoms with Crippen molar-refractivity contribution < 1.29 is 23.1 Å². The molecule has 0 saturated heterocycles. The minimum absolute atomic E-state index is 0.0101. The van der Waals surface area contributed by atoms with E-state index >= 15 is 0 Å². The molecule has 41 heavy (non-hydrogen) atoms. The topological polar surface area (TPSA) is 82.3 Å². The quantitative estimate of drug-likeness (QED) is 0.174. The number of aryl methyl sites for hydroxylation is 1. The average molecular weight is 549 g/mol. The highest BCUT2D eigenvalue weighted by Crippen LogP contribution is 2.51. The Balaban J connectivity index is 1.43. The summed E-state index contributed by atoms with van der Waals surface area (Å²) >= 11 is 0. The Morgan fingerprint density at radius 3 is 2.41 bits per heavy atom. The van der Waals surface area contributed by atoms with Crippen LogP contribution in [0.5, 0.6) is 5.75 Å². The molecule has 1 saturated carbocycles. The van der Waals surface area contributed by atoms with Gasteiger partial charge in [-0.25, -0.2) is 14.4 Å². The second-order valence-corrected chi connectivity index (χ2v) is 10.6. The number of aromatic nitrogens is 2. The van der Waals surface area contributed by atoms with Crippen LogP contribution in [0.4, 0.5) is 4.39 Å². The molecule has 0 bridgehead atoms. The summed E-state index contributed by atoms with van der Waals surface area (Å²) in [6, 6.07) is 17.3. The van der Waals surface area contributed by atoms with Gasteiger partial charge in [-0.05, 0) is 91.1 Å². The highest BCUT2D eigenvalue weighted by molar-refractivity contribution is 6.13. The summed E-state index contributed by atoms with van der Waals surface area (Å²) in [4.78, 5) is 35.3. The first kappa shape index (κ1) is 26.6. The van der Waals surface area contributed by atoms with Crippen molar-refractivity contribution in [1.29, 1.82) is 0 Å². The number of fused-ring (bicyclic) bond motifs is 1. The number of halogens is 1. The second kappa shape index (κ2) is 10.4. The van der Waals surface area contributed by atoms with E-state index in [1.807, 2.05) is 43.3 Å². The number of methoxy groups -OCH3 is 1. The molecule has 0 radical (unpaired) electrons. The van der Waals surface area contributed by atoms with Gasteiger partial charge >= 0.3 is 0 Å². The molecule has 2 heterocycles. The lowest BCUT2D eigenvalue weighted by Gasteiger charge is -2.17. The smallest absolute Gasteiger partial charge is 0.167 e. The van der Waals surface area contributed by atoms with Crippen LogP contribution < -0.4 is 4.74 Å². The van der Waals surface area contributed by atoms with Crippen LogP contribution in [0.1, 0.15) is 64.6 Å². The van der Waals surface area contributed by atoms with Gasteiger partial charge in [-0.15, -0.1) is 0 Å². The van der Waals surface area contributed by atoms with E-state index in [-0.39, 0.29) is 22.8 Å². The first-order chi connectivity index (χ1) is 19.8. The fourth-order valence-electron chi connectivity index (χ4n) is 5.58. The number of carbonyl (C=O) groups excluding carboxylic acids is 2. The zero-order valence-electron chi connectivity index (χ0n) is 23.2. The number of ketones is 2. The van der Waals surface area contributed by atoms with Crippen LogP contribution in [0, 0.1) is 12.7 Å². The molecule has 0 unspecified atom stereocenters. The fraction of sp³-hybridized carbons (Fsp3) is 0.235. The predicted octanol–water partition coefficient (Wildman–Crippen LogP) is 7.91. The number of ether oxygens (including phenoxy) is 1. The molecule has 206 valence electrons. The Kier molecular flexibility index (Phi) is 6.73. The van der Waals surface area contributed by atoms with Crippen molar-refractivity contribution >= 4 is 22.5 Å². The molecule has 1 fully saturated rings. The number of nitrogens with zero attached hydrogens (tertiary/aromatic N) is 2. The SMILES string of the molecule is CCC(=O)c1c(-c2ccc(F)cc2)oc2ccc(-c3cc(C(=O)CC4(c5ccncn5)CC4)c(OC)cc3C)cc12. The maximum Gasteiger partial charge on any atom is 0.167 e. The summed E-state index contributed by atoms with van der Waals surface area (Å²) in [5.41, 5.74) is 5.44. The Morgan fingerprint density at radius 1 is 1.00 bits per heavy atom. The minimum Gasteiger partial charge on any atom is -0.496 e. The lowest BCUT2D eigenvalue weighted by Crippen LogP contribution is -2.16. The molecule has 1 aliphatic carbocycles. The maximum atomic E-state index is 13.7. The molecule has 0 amide bonds. The Morgan fingerprint density at radius 2 is 1.76 bits per heavy atom. The van der Waals surface area contributed by atoms with Gasteiger partial charge in [0.05, 0.1) is 23.9 Å². The summed E-state index contributed by atoms with van der Waals surface area (Å²) < 4.78 is 25.4. The van der Waals surface area contributed by atoms with Gasteiger partial charge < -0.3 is 9.15 Å². The van der Waals surface area contributed by atoms with E-state index in [0.29, 0.717) is 52.0 Å². The van der Waals surface area contributed by atoms with Gasteiger partial charge in [-0.3, -0.25) is 9.59 Å². The van der Waals surface area contributed by atoms with Crippen LogP contribution in [-0.4, -0.2) is 28.6 Å². The first-order valence-electron chi connectivity index (χ1n) is 13.7. The predicted molar refractivity (Wildman–Crippen MR) is 155 cm³/mol. The molecule has 5 aromatic rings. The number of rotatable bonds is 9. The van der Waals surface area contributed by atoms with E-state index in [0.717, 1.165) is 35.2 Å². The second-order valence-electron chi connectivity index (χ2n) is 10.6. The number of Topliss-reactive ketones (excluding diaryl/α,β-unsaturated/α-hetero) is 2. The molecule has 7 heteroatoms. The Bertz CT molecular complexity index is 1790. The molecule has 6 nitrogen and oxygen atoms in total. The van der Waals surface area contributed by atoms with E-state index in [1.165, 1.54) is 18.5 Å². The third-order valence-electron chi connectivity index (χ3n) is 8.03. The first-order valence-corrected chi connectivity index (χ1v) is 13.7. The van der Waals surface area contributed by atoms with Gasteiger partial charge in [0.15, 0.2) is 11.6 Å². The van der Waals surface area contributed by atoms with Gasteiger partial charge in [0.1, 0.15) is 29.2 Å². The van der Waals surface area contributed by atoms with Gasteiger partial charge in [-0.1, -0.05) is 13.0 Å². The lowest BCUT2D eigenvalue weighted by atomic mass is 9.89. The third-order valence-corrected chi connectivity index (χ3v) is 8.03. The molecule has 0 spiro atoms. The van der Waals surface area contributed by atoms with Crippen LogP contribution >= 0.6 is 0 Å². The molecule has 1 aliphatic rings. The zero-order valence-corrected chi connectivity index (χ0v) is 23.2. The molecule has 3 aromatic carbocycles. The van der Waals surface area contributed by atoms with E-state index in [4.69, 9.17) is 9.15 Å². The van der Waals surface area contributed by atoms with E-state index in [2.05, 4.69) is 9.97 Å². The van der Waals surface area contributed by atoms with Crippen molar-refractivity contribution in [2.75, 3.05) is 7.11 Å². The maximum absolute atomic E-state index is 13.7. The zero-order chi connectivity index (χ0) is 28.7. The van der Waals surface area contributed by atoms with Gasteiger partial charge in [-0.2, -0.15) is 0 Å². The molecule has 0 atom stereocenters. The van der Waals surface area contributed by atoms with Crippen LogP contribution in [0.2, 0.25) is 0 Å². The van der Waals surface area contributed by atoms with Crippen molar-refractivity contribution in [3.05, 3.63) is 101 Å². The number of hydrogen-bond acceptors (Lipinski definition) is 6. The van der Waals surface area contributed by atoms with Crippen LogP contribution in [0.3, 0.4) is 0 Å². The summed E-state index contributed by atoms with van der Waals surface area (Å²) in [6.07, 6.45) is 5.66. The Hall–Kier alpha value is -4.65. The van der Waals surface area contributed by atoms with E-state index in [9.17, 15) is 14.0 Å². The number of carbonyl (C=O) groups is 2. The van der Waals surface area contributed by atoms with Crippen molar-refractivity contribution in [3.63, 3.8) is 0 Å². The molecule has 2 aromatic heterocycles. The lowest BCUT2D eigenvalue weighted by molar-refractivity contribution is 0.0963. The van der Waals surface area contributed by atoms with Crippen molar-refractivity contribution in [3.8, 4) is 28.2 Å². The molecule has 0 N–H and O–H groups in total. The number of furan rings is 1. The van der Waals surface area contributed by atoms with Gasteiger partial charge in [0.25, 0.3) is 0 Å². The summed E-state index contributed by atoms with van der Waals surface area (Å²) in [7, 11) is 1.57. The summed E-state index contributed by atoms with van der Waals surface area (Å²) in [5.74, 6) is 0.511. The molecule has 0 aliphatic heterocycles. The van der Waals surface area contributed by atoms with Gasteiger partial charge in [0.2, 0.25) is 0 Å². The Labute approximate surface area is 237 Å². The summed E-state index contributed by atoms with van der Waals surface area (Å²) in [6.45, 7) is 3.77. The molecular weight excluding hydrogens is 519 g/mol.